The fourth-order valence-electron chi connectivity index (χ4n) is 2.55. The van der Waals surface area contributed by atoms with Crippen LogP contribution in [0, 0.1) is 0 Å². The Kier molecular flexibility index (Phi) is 4.25. The highest BCUT2D eigenvalue weighted by Crippen LogP contribution is 2.20. The van der Waals surface area contributed by atoms with Gasteiger partial charge >= 0.3 is 6.03 Å². The van der Waals surface area contributed by atoms with Gasteiger partial charge in [0.25, 0.3) is 0 Å². The first-order chi connectivity index (χ1) is 10.7. The van der Waals surface area contributed by atoms with Crippen molar-refractivity contribution in [2.24, 2.45) is 0 Å². The first kappa shape index (κ1) is 14.4. The Hall–Kier alpha value is -2.53. The minimum Gasteiger partial charge on any atom is -0.497 e. The monoisotopic (exact) mass is 297 g/mol. The topological polar surface area (TPSA) is 62.4 Å². The molecule has 0 radical (unpaired) electrons. The molecule has 0 saturated carbocycles. The summed E-state index contributed by atoms with van der Waals surface area (Å²) in [5.74, 6) is 0.707. The molecule has 5 heteroatoms. The third-order valence-electron chi connectivity index (χ3n) is 3.68. The maximum Gasteiger partial charge on any atom is 0.323 e. The second-order valence-corrected chi connectivity index (χ2v) is 5.22. The van der Waals surface area contributed by atoms with Crippen molar-refractivity contribution in [3.8, 4) is 5.75 Å². The minimum absolute atomic E-state index is 0.262. The molecular formula is C17H19N3O2. The summed E-state index contributed by atoms with van der Waals surface area (Å²) in [6, 6.07) is 13.0. The van der Waals surface area contributed by atoms with E-state index >= 15 is 0 Å². The number of benzene rings is 2. The first-order valence-corrected chi connectivity index (χ1v) is 7.29. The molecule has 3 N–H and O–H groups in total. The Morgan fingerprint density at radius 3 is 2.73 bits per heavy atom. The SMILES string of the molecule is COc1cccc(NC(=O)Nc2ccc3c(c2)CCNC3)c1. The normalized spacial score (nSPS) is 13.1. The van der Waals surface area contributed by atoms with E-state index in [9.17, 15) is 4.79 Å². The van der Waals surface area contributed by atoms with Gasteiger partial charge in [0.05, 0.1) is 7.11 Å². The van der Waals surface area contributed by atoms with Gasteiger partial charge in [0, 0.05) is 24.0 Å². The molecule has 0 fully saturated rings. The van der Waals surface area contributed by atoms with Crippen LogP contribution >= 0.6 is 0 Å². The molecule has 0 spiro atoms. The second kappa shape index (κ2) is 6.49. The lowest BCUT2D eigenvalue weighted by atomic mass is 10.0. The number of urea groups is 1. The molecule has 0 aromatic heterocycles. The summed E-state index contributed by atoms with van der Waals surface area (Å²) in [4.78, 5) is 12.1. The molecular weight excluding hydrogens is 278 g/mol. The van der Waals surface area contributed by atoms with Crippen LogP contribution in [0.3, 0.4) is 0 Å². The minimum atomic E-state index is -0.262. The van der Waals surface area contributed by atoms with Crippen molar-refractivity contribution in [3.05, 3.63) is 53.6 Å². The summed E-state index contributed by atoms with van der Waals surface area (Å²) in [7, 11) is 1.60. The molecule has 22 heavy (non-hydrogen) atoms. The lowest BCUT2D eigenvalue weighted by Gasteiger charge is -2.18. The largest absolute Gasteiger partial charge is 0.497 e. The number of ether oxygens (including phenoxy) is 1. The Morgan fingerprint density at radius 1 is 1.09 bits per heavy atom. The van der Waals surface area contributed by atoms with Crippen LogP contribution in [0.4, 0.5) is 16.2 Å². The molecule has 5 nitrogen and oxygen atoms in total. The van der Waals surface area contributed by atoms with Gasteiger partial charge in [-0.15, -0.1) is 0 Å². The number of methoxy groups -OCH3 is 1. The zero-order valence-corrected chi connectivity index (χ0v) is 12.5. The number of hydrogen-bond donors (Lipinski definition) is 3. The Bertz CT molecular complexity index is 685. The van der Waals surface area contributed by atoms with Gasteiger partial charge in [-0.05, 0) is 48.4 Å². The van der Waals surface area contributed by atoms with E-state index < -0.39 is 0 Å². The van der Waals surface area contributed by atoms with E-state index in [1.165, 1.54) is 11.1 Å². The summed E-state index contributed by atoms with van der Waals surface area (Å²) in [5, 5.41) is 9.00. The maximum absolute atomic E-state index is 12.1. The van der Waals surface area contributed by atoms with Gasteiger partial charge in [-0.25, -0.2) is 4.79 Å². The molecule has 2 aromatic rings. The van der Waals surface area contributed by atoms with E-state index in [0.717, 1.165) is 25.2 Å². The summed E-state index contributed by atoms with van der Waals surface area (Å²) in [5.41, 5.74) is 4.09. The summed E-state index contributed by atoms with van der Waals surface area (Å²) in [6.45, 7) is 1.87. The molecule has 0 aliphatic carbocycles. The summed E-state index contributed by atoms with van der Waals surface area (Å²) < 4.78 is 5.14. The third kappa shape index (κ3) is 3.38. The zero-order chi connectivity index (χ0) is 15.4. The lowest BCUT2D eigenvalue weighted by molar-refractivity contribution is 0.262. The predicted octanol–water partition coefficient (Wildman–Crippen LogP) is 2.98. The molecule has 2 aromatic carbocycles. The van der Waals surface area contributed by atoms with Gasteiger partial charge in [0.1, 0.15) is 5.75 Å². The third-order valence-corrected chi connectivity index (χ3v) is 3.68. The fourth-order valence-corrected chi connectivity index (χ4v) is 2.55. The molecule has 0 saturated heterocycles. The van der Waals surface area contributed by atoms with Gasteiger partial charge in [0.2, 0.25) is 0 Å². The quantitative estimate of drug-likeness (QED) is 0.816. The van der Waals surface area contributed by atoms with Crippen molar-refractivity contribution in [3.63, 3.8) is 0 Å². The average Bonchev–Trinajstić information content (AvgIpc) is 2.55. The van der Waals surface area contributed by atoms with Gasteiger partial charge in [0.15, 0.2) is 0 Å². The molecule has 114 valence electrons. The average molecular weight is 297 g/mol. The second-order valence-electron chi connectivity index (χ2n) is 5.22. The van der Waals surface area contributed by atoms with Gasteiger partial charge in [-0.1, -0.05) is 12.1 Å². The van der Waals surface area contributed by atoms with Crippen LogP contribution in [0.2, 0.25) is 0 Å². The number of amides is 2. The molecule has 1 aliphatic rings. The van der Waals surface area contributed by atoms with Crippen molar-refractivity contribution in [2.75, 3.05) is 24.3 Å². The molecule has 1 heterocycles. The summed E-state index contributed by atoms with van der Waals surface area (Å²) in [6.07, 6.45) is 0.988. The Balaban J connectivity index is 1.66. The lowest BCUT2D eigenvalue weighted by Crippen LogP contribution is -2.24. The number of nitrogens with one attached hydrogen (secondary N) is 3. The summed E-state index contributed by atoms with van der Waals surface area (Å²) >= 11 is 0. The number of hydrogen-bond acceptors (Lipinski definition) is 3. The first-order valence-electron chi connectivity index (χ1n) is 7.29. The number of carbonyl (C=O) groups excluding carboxylic acids is 1. The van der Waals surface area contributed by atoms with Gasteiger partial charge in [-0.3, -0.25) is 0 Å². The van der Waals surface area contributed by atoms with Crippen LogP contribution in [0.15, 0.2) is 42.5 Å². The fraction of sp³-hybridized carbons (Fsp3) is 0.235. The van der Waals surface area contributed by atoms with Crippen LogP contribution in [0.1, 0.15) is 11.1 Å². The van der Waals surface area contributed by atoms with E-state index in [0.29, 0.717) is 11.4 Å². The van der Waals surface area contributed by atoms with Crippen molar-refractivity contribution < 1.29 is 9.53 Å². The Labute approximate surface area is 129 Å². The van der Waals surface area contributed by atoms with E-state index in [4.69, 9.17) is 4.74 Å². The Morgan fingerprint density at radius 2 is 1.91 bits per heavy atom. The van der Waals surface area contributed by atoms with Crippen molar-refractivity contribution in [2.45, 2.75) is 13.0 Å². The highest BCUT2D eigenvalue weighted by atomic mass is 16.5. The number of carbonyl (C=O) groups is 1. The van der Waals surface area contributed by atoms with Crippen LogP contribution in [-0.4, -0.2) is 19.7 Å². The van der Waals surface area contributed by atoms with Crippen LogP contribution in [0.5, 0.6) is 5.75 Å². The number of anilines is 2. The van der Waals surface area contributed by atoms with Crippen LogP contribution < -0.4 is 20.7 Å². The maximum atomic E-state index is 12.1. The standard InChI is InChI=1S/C17H19N3O2/c1-22-16-4-2-3-14(10-16)19-17(21)20-15-6-5-13-11-18-8-7-12(13)9-15/h2-6,9-10,18H,7-8,11H2,1H3,(H2,19,20,21). The van der Waals surface area contributed by atoms with Gasteiger partial charge in [-0.2, -0.15) is 0 Å². The molecule has 0 bridgehead atoms. The smallest absolute Gasteiger partial charge is 0.323 e. The van der Waals surface area contributed by atoms with E-state index in [1.807, 2.05) is 30.3 Å². The highest BCUT2D eigenvalue weighted by Gasteiger charge is 2.10. The molecule has 0 atom stereocenters. The molecule has 3 rings (SSSR count). The van der Waals surface area contributed by atoms with Crippen molar-refractivity contribution in [1.82, 2.24) is 5.32 Å². The van der Waals surface area contributed by atoms with Crippen LogP contribution in [-0.2, 0) is 13.0 Å². The van der Waals surface area contributed by atoms with Gasteiger partial charge < -0.3 is 20.7 Å². The number of rotatable bonds is 3. The molecule has 1 aliphatic heterocycles. The zero-order valence-electron chi connectivity index (χ0n) is 12.5. The highest BCUT2D eigenvalue weighted by molar-refractivity contribution is 5.99. The predicted molar refractivity (Wildman–Crippen MR) is 87.5 cm³/mol. The molecule has 2 amide bonds. The van der Waals surface area contributed by atoms with Crippen molar-refractivity contribution in [1.29, 1.82) is 0 Å². The van der Waals surface area contributed by atoms with Crippen LogP contribution in [0.25, 0.3) is 0 Å². The van der Waals surface area contributed by atoms with Crippen molar-refractivity contribution >= 4 is 17.4 Å². The molecule has 0 unspecified atom stereocenters. The van der Waals surface area contributed by atoms with E-state index in [1.54, 1.807) is 13.2 Å². The number of fused-ring (bicyclic) bond motifs is 1. The van der Waals surface area contributed by atoms with E-state index in [-0.39, 0.29) is 6.03 Å². The van der Waals surface area contributed by atoms with E-state index in [2.05, 4.69) is 22.0 Å².